The monoisotopic (exact) mass is 420 g/mol. The molecule has 25 heavy (non-hydrogen) atoms. The van der Waals surface area contributed by atoms with Crippen molar-refractivity contribution in [3.8, 4) is 0 Å². The fourth-order valence-electron chi connectivity index (χ4n) is 1.88. The number of methoxy groups -OCH3 is 1. The van der Waals surface area contributed by atoms with Crippen LogP contribution < -0.4 is 10.6 Å². The molecular formula is C15H18Cl2N4O2S2. The van der Waals surface area contributed by atoms with Gasteiger partial charge in [0.1, 0.15) is 0 Å². The van der Waals surface area contributed by atoms with Gasteiger partial charge in [0.05, 0.1) is 28.4 Å². The van der Waals surface area contributed by atoms with E-state index in [9.17, 15) is 4.79 Å². The number of aromatic nitrogens is 2. The lowest BCUT2D eigenvalue weighted by Gasteiger charge is -2.14. The molecule has 1 aromatic heterocycles. The molecule has 2 N–H and O–H groups in total. The van der Waals surface area contributed by atoms with E-state index in [0.717, 1.165) is 9.90 Å². The predicted octanol–water partition coefficient (Wildman–Crippen LogP) is 3.87. The van der Waals surface area contributed by atoms with E-state index in [2.05, 4.69) is 20.8 Å². The number of carbonyl (C=O) groups is 1. The van der Waals surface area contributed by atoms with Gasteiger partial charge >= 0.3 is 0 Å². The second-order valence-electron chi connectivity index (χ2n) is 5.04. The summed E-state index contributed by atoms with van der Waals surface area (Å²) < 4.78 is 5.69. The van der Waals surface area contributed by atoms with Gasteiger partial charge in [-0.2, -0.15) is 0 Å². The highest BCUT2D eigenvalue weighted by Gasteiger charge is 2.13. The number of amides is 1. The maximum Gasteiger partial charge on any atom is 0.230 e. The molecule has 136 valence electrons. The minimum Gasteiger partial charge on any atom is -0.383 e. The molecule has 0 saturated carbocycles. The van der Waals surface area contributed by atoms with E-state index < -0.39 is 0 Å². The van der Waals surface area contributed by atoms with E-state index >= 15 is 0 Å². The van der Waals surface area contributed by atoms with Crippen molar-refractivity contribution >= 4 is 57.3 Å². The Hall–Kier alpha value is -1.06. The molecule has 2 aromatic rings. The van der Waals surface area contributed by atoms with Crippen molar-refractivity contribution in [1.82, 2.24) is 15.5 Å². The fourth-order valence-corrected chi connectivity index (χ4v) is 3.77. The first-order chi connectivity index (χ1) is 12.0. The van der Waals surface area contributed by atoms with Crippen molar-refractivity contribution in [1.29, 1.82) is 0 Å². The summed E-state index contributed by atoms with van der Waals surface area (Å²) in [7, 11) is 1.64. The van der Waals surface area contributed by atoms with Crippen LogP contribution in [0.1, 0.15) is 18.5 Å². The van der Waals surface area contributed by atoms with E-state index in [1.165, 1.54) is 23.1 Å². The van der Waals surface area contributed by atoms with Gasteiger partial charge in [0.15, 0.2) is 4.34 Å². The highest BCUT2D eigenvalue weighted by Crippen LogP contribution is 2.27. The number of anilines is 1. The summed E-state index contributed by atoms with van der Waals surface area (Å²) in [4.78, 5) is 12.1. The molecule has 2 rings (SSSR count). The Bertz CT molecular complexity index is 715. The van der Waals surface area contributed by atoms with Crippen molar-refractivity contribution in [2.24, 2.45) is 0 Å². The molecule has 0 fully saturated rings. The minimum atomic E-state index is -0.163. The Balaban J connectivity index is 1.79. The van der Waals surface area contributed by atoms with Crippen molar-refractivity contribution < 1.29 is 9.53 Å². The first-order valence-electron chi connectivity index (χ1n) is 7.43. The SMILES string of the molecule is COCCNc1nnc(SCC(=O)NC(C)c2ccc(Cl)c(Cl)c2)s1. The van der Waals surface area contributed by atoms with Gasteiger partial charge in [-0.25, -0.2) is 0 Å². The second kappa shape index (κ2) is 10.2. The van der Waals surface area contributed by atoms with Crippen molar-refractivity contribution in [3.05, 3.63) is 33.8 Å². The van der Waals surface area contributed by atoms with Gasteiger partial charge in [0.2, 0.25) is 11.0 Å². The topological polar surface area (TPSA) is 76.1 Å². The third kappa shape index (κ3) is 6.63. The summed E-state index contributed by atoms with van der Waals surface area (Å²) in [6.07, 6.45) is 0. The van der Waals surface area contributed by atoms with Crippen LogP contribution >= 0.6 is 46.3 Å². The van der Waals surface area contributed by atoms with Crippen molar-refractivity contribution in [2.45, 2.75) is 17.3 Å². The lowest BCUT2D eigenvalue weighted by atomic mass is 10.1. The number of rotatable bonds is 9. The van der Waals surface area contributed by atoms with E-state index in [4.69, 9.17) is 27.9 Å². The lowest BCUT2D eigenvalue weighted by Crippen LogP contribution is -2.28. The minimum absolute atomic E-state index is 0.0901. The first kappa shape index (κ1) is 20.3. The molecule has 0 aliphatic carbocycles. The Morgan fingerprint density at radius 3 is 2.88 bits per heavy atom. The van der Waals surface area contributed by atoms with Gasteiger partial charge in [0.25, 0.3) is 0 Å². The molecule has 0 radical (unpaired) electrons. The molecule has 6 nitrogen and oxygen atoms in total. The molecule has 0 aliphatic rings. The molecule has 0 saturated heterocycles. The van der Waals surface area contributed by atoms with Crippen LogP contribution in [-0.4, -0.2) is 42.1 Å². The van der Waals surface area contributed by atoms with Crippen LogP contribution in [0, 0.1) is 0 Å². The summed E-state index contributed by atoms with van der Waals surface area (Å²) in [5.41, 5.74) is 0.897. The van der Waals surface area contributed by atoms with Crippen LogP contribution in [0.15, 0.2) is 22.5 Å². The van der Waals surface area contributed by atoms with Gasteiger partial charge in [0, 0.05) is 13.7 Å². The summed E-state index contributed by atoms with van der Waals surface area (Å²) in [6, 6.07) is 5.15. The molecule has 0 bridgehead atoms. The molecule has 10 heteroatoms. The third-order valence-corrected chi connectivity index (χ3v) is 5.89. The number of nitrogens with one attached hydrogen (secondary N) is 2. The first-order valence-corrected chi connectivity index (χ1v) is 9.99. The van der Waals surface area contributed by atoms with E-state index in [1.807, 2.05) is 13.0 Å². The van der Waals surface area contributed by atoms with E-state index in [1.54, 1.807) is 19.2 Å². The van der Waals surface area contributed by atoms with E-state index in [0.29, 0.717) is 28.3 Å². The van der Waals surface area contributed by atoms with Gasteiger partial charge in [-0.05, 0) is 24.6 Å². The zero-order chi connectivity index (χ0) is 18.2. The number of nitrogens with zero attached hydrogens (tertiary/aromatic N) is 2. The Morgan fingerprint density at radius 1 is 1.36 bits per heavy atom. The van der Waals surface area contributed by atoms with Gasteiger partial charge in [-0.1, -0.05) is 52.4 Å². The molecule has 1 amide bonds. The lowest BCUT2D eigenvalue weighted by molar-refractivity contribution is -0.119. The molecular weight excluding hydrogens is 403 g/mol. The molecule has 0 spiro atoms. The summed E-state index contributed by atoms with van der Waals surface area (Å²) in [6.45, 7) is 3.15. The van der Waals surface area contributed by atoms with Crippen LogP contribution in [-0.2, 0) is 9.53 Å². The highest BCUT2D eigenvalue weighted by molar-refractivity contribution is 8.01. The molecule has 1 aromatic carbocycles. The summed E-state index contributed by atoms with van der Waals surface area (Å²) >= 11 is 14.7. The maximum atomic E-state index is 12.1. The van der Waals surface area contributed by atoms with E-state index in [-0.39, 0.29) is 17.7 Å². The van der Waals surface area contributed by atoms with Gasteiger partial charge in [-0.3, -0.25) is 4.79 Å². The average molecular weight is 421 g/mol. The summed E-state index contributed by atoms with van der Waals surface area (Å²) in [5, 5.41) is 15.8. The molecule has 1 unspecified atom stereocenters. The van der Waals surface area contributed by atoms with Gasteiger partial charge in [-0.15, -0.1) is 10.2 Å². The van der Waals surface area contributed by atoms with Gasteiger partial charge < -0.3 is 15.4 Å². The van der Waals surface area contributed by atoms with Crippen LogP contribution in [0.3, 0.4) is 0 Å². The van der Waals surface area contributed by atoms with Crippen molar-refractivity contribution in [2.75, 3.05) is 31.3 Å². The number of carbonyl (C=O) groups excluding carboxylic acids is 1. The fraction of sp³-hybridized carbons (Fsp3) is 0.400. The predicted molar refractivity (Wildman–Crippen MR) is 104 cm³/mol. The largest absolute Gasteiger partial charge is 0.383 e. The van der Waals surface area contributed by atoms with Crippen LogP contribution in [0.5, 0.6) is 0 Å². The highest BCUT2D eigenvalue weighted by atomic mass is 35.5. The van der Waals surface area contributed by atoms with Crippen LogP contribution in [0.25, 0.3) is 0 Å². The number of benzene rings is 1. The zero-order valence-electron chi connectivity index (χ0n) is 13.7. The number of hydrogen-bond donors (Lipinski definition) is 2. The standard InChI is InChI=1S/C15H18Cl2N4O2S2/c1-9(10-3-4-11(16)12(17)7-10)19-13(22)8-24-15-21-20-14(25-15)18-5-6-23-2/h3-4,7,9H,5-6,8H2,1-2H3,(H,18,20)(H,19,22). The second-order valence-corrected chi connectivity index (χ2v) is 8.06. The Kier molecular flexibility index (Phi) is 8.25. The number of hydrogen-bond acceptors (Lipinski definition) is 7. The maximum absolute atomic E-state index is 12.1. The Labute approximate surface area is 164 Å². The Morgan fingerprint density at radius 2 is 2.16 bits per heavy atom. The van der Waals surface area contributed by atoms with Crippen LogP contribution in [0.4, 0.5) is 5.13 Å². The third-order valence-electron chi connectivity index (χ3n) is 3.14. The normalized spacial score (nSPS) is 12.0. The van der Waals surface area contributed by atoms with Crippen LogP contribution in [0.2, 0.25) is 10.0 Å². The summed E-state index contributed by atoms with van der Waals surface area (Å²) in [5.74, 6) is 0.172. The quantitative estimate of drug-likeness (QED) is 0.473. The number of ether oxygens (including phenoxy) is 1. The number of halogens is 2. The average Bonchev–Trinajstić information content (AvgIpc) is 3.03. The molecule has 1 heterocycles. The zero-order valence-corrected chi connectivity index (χ0v) is 16.9. The molecule has 1 atom stereocenters. The van der Waals surface area contributed by atoms with Crippen molar-refractivity contribution in [3.63, 3.8) is 0 Å². The molecule has 0 aliphatic heterocycles. The number of thioether (sulfide) groups is 1. The smallest absolute Gasteiger partial charge is 0.230 e.